The first-order valence-corrected chi connectivity index (χ1v) is 11.6. The average molecular weight is 473 g/mol. The van der Waals surface area contributed by atoms with Crippen molar-refractivity contribution in [3.8, 4) is 11.6 Å². The van der Waals surface area contributed by atoms with Gasteiger partial charge in [-0.2, -0.15) is 0 Å². The number of anilines is 1. The van der Waals surface area contributed by atoms with Crippen LogP contribution >= 0.6 is 0 Å². The number of carbonyl (C=O) groups excluding carboxylic acids is 2. The van der Waals surface area contributed by atoms with Crippen LogP contribution in [0.5, 0.6) is 11.6 Å². The third-order valence-corrected chi connectivity index (χ3v) is 6.59. The first-order chi connectivity index (χ1) is 17.0. The molecule has 6 rings (SSSR count). The fourth-order valence-corrected chi connectivity index (χ4v) is 4.56. The van der Waals surface area contributed by atoms with Gasteiger partial charge < -0.3 is 14.2 Å². The summed E-state index contributed by atoms with van der Waals surface area (Å²) in [6.07, 6.45) is 5.98. The molecule has 10 nitrogen and oxygen atoms in total. The maximum absolute atomic E-state index is 12.8. The summed E-state index contributed by atoms with van der Waals surface area (Å²) in [4.78, 5) is 35.2. The Hall–Kier alpha value is -4.21. The van der Waals surface area contributed by atoms with Gasteiger partial charge in [0.15, 0.2) is 5.82 Å². The number of rotatable bonds is 4. The van der Waals surface area contributed by atoms with Crippen LogP contribution < -0.4 is 10.1 Å². The van der Waals surface area contributed by atoms with Crippen molar-refractivity contribution in [1.82, 2.24) is 24.6 Å². The summed E-state index contributed by atoms with van der Waals surface area (Å²) in [6, 6.07) is 8.84. The highest BCUT2D eigenvalue weighted by atomic mass is 16.5. The van der Waals surface area contributed by atoms with E-state index in [1.807, 2.05) is 25.1 Å². The van der Waals surface area contributed by atoms with E-state index in [4.69, 9.17) is 9.26 Å². The lowest BCUT2D eigenvalue weighted by atomic mass is 9.99. The molecule has 0 saturated heterocycles. The zero-order valence-electron chi connectivity index (χ0n) is 19.4. The molecule has 1 fully saturated rings. The van der Waals surface area contributed by atoms with Crippen LogP contribution in [-0.2, 0) is 17.8 Å². The summed E-state index contributed by atoms with van der Waals surface area (Å²) >= 11 is 0. The van der Waals surface area contributed by atoms with Crippen LogP contribution in [0.1, 0.15) is 49.6 Å². The summed E-state index contributed by atoms with van der Waals surface area (Å²) in [5.41, 5.74) is 2.44. The molecule has 1 aliphatic heterocycles. The lowest BCUT2D eigenvalue weighted by molar-refractivity contribution is -0.132. The SMILES string of the molecule is CC(=O)N1Cc2ncnc(Oc3ccc4c(ccn4C(=O)Nc4cc(C5CC5)on4)c3)c2C[C@@H]1C. The van der Waals surface area contributed by atoms with Crippen molar-refractivity contribution < 1.29 is 18.8 Å². The van der Waals surface area contributed by atoms with Crippen LogP contribution in [0.3, 0.4) is 0 Å². The molecule has 10 heteroatoms. The van der Waals surface area contributed by atoms with Crippen molar-refractivity contribution in [2.75, 3.05) is 5.32 Å². The Morgan fingerprint density at radius 3 is 2.83 bits per heavy atom. The Kier molecular flexibility index (Phi) is 5.01. The van der Waals surface area contributed by atoms with Gasteiger partial charge in [0.2, 0.25) is 11.8 Å². The molecule has 0 spiro atoms. The molecule has 1 aromatic carbocycles. The summed E-state index contributed by atoms with van der Waals surface area (Å²) in [5.74, 6) is 2.76. The van der Waals surface area contributed by atoms with Crippen molar-refractivity contribution in [3.63, 3.8) is 0 Å². The zero-order chi connectivity index (χ0) is 24.1. The smallest absolute Gasteiger partial charge is 0.331 e. The van der Waals surface area contributed by atoms with Crippen molar-refractivity contribution in [3.05, 3.63) is 59.9 Å². The molecule has 35 heavy (non-hydrogen) atoms. The molecule has 1 saturated carbocycles. The summed E-state index contributed by atoms with van der Waals surface area (Å²) in [5, 5.41) is 7.58. The number of hydrogen-bond acceptors (Lipinski definition) is 7. The highest BCUT2D eigenvalue weighted by Gasteiger charge is 2.29. The molecule has 4 heterocycles. The van der Waals surface area contributed by atoms with Crippen LogP contribution in [0.15, 0.2) is 47.4 Å². The highest BCUT2D eigenvalue weighted by molar-refractivity contribution is 5.98. The standard InChI is InChI=1S/C25H24N6O4/c1-14-9-19-20(12-31(14)15(2)32)26-13-27-24(19)34-18-5-6-21-17(10-18)7-8-30(21)25(33)28-23-11-22(35-29-23)16-3-4-16/h5-8,10-11,13-14,16H,3-4,9,12H2,1-2H3,(H,28,29,33)/t14-/m0/s1. The van der Waals surface area contributed by atoms with Crippen LogP contribution in [0, 0.1) is 0 Å². The summed E-state index contributed by atoms with van der Waals surface area (Å²) in [7, 11) is 0. The lowest BCUT2D eigenvalue weighted by Gasteiger charge is -2.33. The summed E-state index contributed by atoms with van der Waals surface area (Å²) in [6.45, 7) is 4.01. The largest absolute Gasteiger partial charge is 0.439 e. The number of carbonyl (C=O) groups is 2. The van der Waals surface area contributed by atoms with Gasteiger partial charge in [-0.25, -0.2) is 14.8 Å². The Morgan fingerprint density at radius 2 is 2.03 bits per heavy atom. The zero-order valence-corrected chi connectivity index (χ0v) is 19.4. The van der Waals surface area contributed by atoms with Crippen LogP contribution in [0.4, 0.5) is 10.6 Å². The lowest BCUT2D eigenvalue weighted by Crippen LogP contribution is -2.41. The maximum Gasteiger partial charge on any atom is 0.331 e. The molecule has 0 radical (unpaired) electrons. The quantitative estimate of drug-likeness (QED) is 0.466. The molecular formula is C25H24N6O4. The fraction of sp³-hybridized carbons (Fsp3) is 0.320. The molecular weight excluding hydrogens is 448 g/mol. The normalized spacial score (nSPS) is 17.3. The fourth-order valence-electron chi connectivity index (χ4n) is 4.56. The molecule has 1 atom stereocenters. The first kappa shape index (κ1) is 21.3. The molecule has 2 aliphatic rings. The van der Waals surface area contributed by atoms with Gasteiger partial charge in [-0.15, -0.1) is 0 Å². The van der Waals surface area contributed by atoms with Crippen molar-refractivity contribution in [2.45, 2.75) is 51.6 Å². The molecule has 0 bridgehead atoms. The molecule has 2 amide bonds. The Labute approximate surface area is 200 Å². The van der Waals surface area contributed by atoms with Crippen LogP contribution in [0.25, 0.3) is 10.9 Å². The van der Waals surface area contributed by atoms with E-state index in [2.05, 4.69) is 20.4 Å². The predicted octanol–water partition coefficient (Wildman–Crippen LogP) is 4.46. The van der Waals surface area contributed by atoms with Gasteiger partial charge in [0, 0.05) is 42.1 Å². The van der Waals surface area contributed by atoms with Gasteiger partial charge in [-0.3, -0.25) is 14.7 Å². The van der Waals surface area contributed by atoms with E-state index >= 15 is 0 Å². The number of nitrogens with one attached hydrogen (secondary N) is 1. The van der Waals surface area contributed by atoms with Crippen LogP contribution in [0.2, 0.25) is 0 Å². The maximum atomic E-state index is 12.8. The van der Waals surface area contributed by atoms with E-state index in [1.54, 1.807) is 30.2 Å². The van der Waals surface area contributed by atoms with Crippen molar-refractivity contribution in [1.29, 1.82) is 0 Å². The molecule has 1 N–H and O–H groups in total. The Balaban J connectivity index is 1.21. The molecule has 4 aromatic rings. The number of hydrogen-bond donors (Lipinski definition) is 1. The van der Waals surface area contributed by atoms with Gasteiger partial charge in [-0.05, 0) is 50.5 Å². The third-order valence-electron chi connectivity index (χ3n) is 6.59. The van der Waals surface area contributed by atoms with Gasteiger partial charge in [0.05, 0.1) is 17.8 Å². The topological polar surface area (TPSA) is 115 Å². The van der Waals surface area contributed by atoms with Gasteiger partial charge >= 0.3 is 6.03 Å². The molecule has 0 unspecified atom stereocenters. The first-order valence-electron chi connectivity index (χ1n) is 11.6. The molecule has 178 valence electrons. The monoisotopic (exact) mass is 472 g/mol. The van der Waals surface area contributed by atoms with E-state index in [1.165, 1.54) is 10.9 Å². The van der Waals surface area contributed by atoms with Crippen molar-refractivity contribution in [2.24, 2.45) is 0 Å². The van der Waals surface area contributed by atoms with E-state index in [9.17, 15) is 9.59 Å². The van der Waals surface area contributed by atoms with Crippen molar-refractivity contribution >= 4 is 28.7 Å². The van der Waals surface area contributed by atoms with E-state index in [-0.39, 0.29) is 18.0 Å². The number of ether oxygens (including phenoxy) is 1. The van der Waals surface area contributed by atoms with E-state index < -0.39 is 0 Å². The predicted molar refractivity (Wildman–Crippen MR) is 126 cm³/mol. The van der Waals surface area contributed by atoms with Gasteiger partial charge in [0.25, 0.3) is 0 Å². The third kappa shape index (κ3) is 4.01. The number of aromatic nitrogens is 4. The van der Waals surface area contributed by atoms with Gasteiger partial charge in [0.1, 0.15) is 17.8 Å². The summed E-state index contributed by atoms with van der Waals surface area (Å²) < 4.78 is 13.0. The van der Waals surface area contributed by atoms with Crippen LogP contribution in [-0.4, -0.2) is 42.6 Å². The van der Waals surface area contributed by atoms with E-state index in [0.29, 0.717) is 36.3 Å². The highest BCUT2D eigenvalue weighted by Crippen LogP contribution is 2.40. The second kappa shape index (κ2) is 8.23. The Morgan fingerprint density at radius 1 is 1.17 bits per heavy atom. The second-order valence-corrected chi connectivity index (χ2v) is 9.13. The average Bonchev–Trinajstić information content (AvgIpc) is 3.44. The van der Waals surface area contributed by atoms with Gasteiger partial charge in [-0.1, -0.05) is 5.16 Å². The number of amides is 2. The minimum Gasteiger partial charge on any atom is -0.439 e. The number of nitrogens with zero attached hydrogens (tertiary/aromatic N) is 5. The Bertz CT molecular complexity index is 1450. The minimum absolute atomic E-state index is 0.0233. The molecule has 3 aromatic heterocycles. The second-order valence-electron chi connectivity index (χ2n) is 9.13. The minimum atomic E-state index is -0.321. The van der Waals surface area contributed by atoms with E-state index in [0.717, 1.165) is 40.8 Å². The molecule has 1 aliphatic carbocycles. The number of fused-ring (bicyclic) bond motifs is 2. The number of benzene rings is 1.